The number of hydrogen-bond donors (Lipinski definition) is 0. The van der Waals surface area contributed by atoms with Gasteiger partial charge in [0, 0.05) is 17.6 Å². The molecule has 4 radical (unpaired) electrons. The third-order valence-corrected chi connectivity index (χ3v) is 9.89. The number of halogens is 2. The maximum Gasteiger partial charge on any atom is 0 e. The quantitative estimate of drug-likeness (QED) is 0.362. The minimum atomic E-state index is -2.34. The molecule has 0 amide bonds. The second-order valence-corrected chi connectivity index (χ2v) is 14.8. The Kier molecular flexibility index (Phi) is 11.8. The van der Waals surface area contributed by atoms with Crippen LogP contribution < -0.4 is 0 Å². The van der Waals surface area contributed by atoms with Crippen LogP contribution in [-0.2, 0) is 0 Å². The van der Waals surface area contributed by atoms with Crippen LogP contribution in [0.4, 0.5) is 0 Å². The summed E-state index contributed by atoms with van der Waals surface area (Å²) < 4.78 is 0. The van der Waals surface area contributed by atoms with Gasteiger partial charge in [0.15, 0.2) is 0 Å². The Morgan fingerprint density at radius 2 is 0.938 bits per heavy atom. The van der Waals surface area contributed by atoms with Gasteiger partial charge in [-0.25, -0.2) is 0 Å². The Labute approximate surface area is 123 Å². The van der Waals surface area contributed by atoms with E-state index in [1.54, 1.807) is 0 Å². The average molecular weight is 346 g/mol. The van der Waals surface area contributed by atoms with Crippen LogP contribution in [0, 0.1) is 0 Å². The zero-order valence-corrected chi connectivity index (χ0v) is 15.6. The van der Waals surface area contributed by atoms with Crippen LogP contribution in [-0.4, -0.2) is 36.1 Å². The molecule has 0 aliphatic rings. The van der Waals surface area contributed by atoms with E-state index in [4.69, 9.17) is 22.5 Å². The minimum Gasteiger partial charge on any atom is 0 e. The van der Waals surface area contributed by atoms with Gasteiger partial charge in [0.05, 0.1) is 0 Å². The van der Waals surface area contributed by atoms with Gasteiger partial charge >= 0.3 is 106 Å². The summed E-state index contributed by atoms with van der Waals surface area (Å²) in [6.07, 6.45) is 10.4. The Balaban J connectivity index is 0. The number of hydrogen-bond acceptors (Lipinski definition) is 0. The zero-order valence-electron chi connectivity index (χ0n) is 11.1. The van der Waals surface area contributed by atoms with Crippen LogP contribution in [0.2, 0.25) is 0 Å². The summed E-state index contributed by atoms with van der Waals surface area (Å²) in [7, 11) is 0. The third-order valence-electron chi connectivity index (χ3n) is 2.99. The van der Waals surface area contributed by atoms with Crippen LogP contribution in [0.15, 0.2) is 0 Å². The summed E-state index contributed by atoms with van der Waals surface area (Å²) in [6, 6.07) is 0. The van der Waals surface area contributed by atoms with Gasteiger partial charge in [-0.05, 0) is 0 Å². The molecule has 0 heterocycles. The monoisotopic (exact) mass is 346 g/mol. The fourth-order valence-corrected chi connectivity index (χ4v) is 7.67. The van der Waals surface area contributed by atoms with E-state index in [-0.39, 0.29) is 17.6 Å². The van der Waals surface area contributed by atoms with E-state index in [1.807, 2.05) is 0 Å². The molecule has 0 bridgehead atoms. The maximum atomic E-state index is 6.83. The van der Waals surface area contributed by atoms with Crippen LogP contribution in [0.1, 0.15) is 59.3 Å². The number of rotatable bonds is 9. The summed E-state index contributed by atoms with van der Waals surface area (Å²) in [6.45, 7) is 6.64. The molecule has 0 aliphatic carbocycles. The molecule has 0 aromatic carbocycles. The van der Waals surface area contributed by atoms with E-state index >= 15 is 0 Å². The fraction of sp³-hybridized carbons (Fsp3) is 1.00. The van der Waals surface area contributed by atoms with Crippen LogP contribution >= 0.6 is 27.8 Å². The second kappa shape index (κ2) is 9.48. The molecule has 0 N–H and O–H groups in total. The van der Waals surface area contributed by atoms with Crippen molar-refractivity contribution >= 4 is 45.4 Å². The smallest absolute Gasteiger partial charge is 0 e. The van der Waals surface area contributed by atoms with E-state index < -0.39 is 5.31 Å². The minimum absolute atomic E-state index is 0. The topological polar surface area (TPSA) is 0 Å². The van der Waals surface area contributed by atoms with Gasteiger partial charge in [-0.2, -0.15) is 0 Å². The summed E-state index contributed by atoms with van der Waals surface area (Å²) in [5.41, 5.74) is 0. The van der Waals surface area contributed by atoms with E-state index in [2.05, 4.69) is 20.8 Å². The summed E-state index contributed by atoms with van der Waals surface area (Å²) >= 11 is 13.7. The van der Waals surface area contributed by atoms with Crippen molar-refractivity contribution in [1.82, 2.24) is 0 Å². The van der Waals surface area contributed by atoms with Gasteiger partial charge in [0.25, 0.3) is 0 Å². The van der Waals surface area contributed by atoms with Crippen LogP contribution in [0.5, 0.6) is 0 Å². The largest absolute Gasteiger partial charge is 0 e. The van der Waals surface area contributed by atoms with Gasteiger partial charge in [-0.15, -0.1) is 0 Å². The Hall–Kier alpha value is 1.55. The molecule has 0 unspecified atom stereocenters. The Morgan fingerprint density at radius 3 is 1.12 bits per heavy atom. The van der Waals surface area contributed by atoms with Crippen LogP contribution in [0.25, 0.3) is 0 Å². The first kappa shape index (κ1) is 19.9. The van der Waals surface area contributed by atoms with Crippen LogP contribution in [0.3, 0.4) is 0 Å². The number of unbranched alkanes of at least 4 members (excludes halogenated alkanes) is 3. The summed E-state index contributed by atoms with van der Waals surface area (Å²) in [5, 5.41) is -2.34. The molecule has 0 aromatic rings. The summed E-state index contributed by atoms with van der Waals surface area (Å²) in [4.78, 5) is 0. The van der Waals surface area contributed by atoms with Crippen molar-refractivity contribution in [3.8, 4) is 0 Å². The van der Waals surface area contributed by atoms with Gasteiger partial charge in [0.2, 0.25) is 0 Å². The van der Waals surface area contributed by atoms with E-state index in [0.29, 0.717) is 0 Å². The molecule has 4 heteroatoms. The first-order chi connectivity index (χ1) is 6.96. The standard InChI is InChI=1S/C12H27Cl2P.Ge/c1-4-7-10-15(13,14,11-8-5-2)12-9-6-3;/h4-12H2,1-3H3;. The molecule has 98 valence electrons. The first-order valence-electron chi connectivity index (χ1n) is 6.41. The third kappa shape index (κ3) is 8.62. The SMILES string of the molecule is CCCCP(Cl)(Cl)(CCCC)CCCC.[Ge]. The van der Waals surface area contributed by atoms with E-state index in [1.165, 1.54) is 38.5 Å². The van der Waals surface area contributed by atoms with E-state index in [9.17, 15) is 0 Å². The van der Waals surface area contributed by atoms with Crippen molar-refractivity contribution in [1.29, 1.82) is 0 Å². The fourth-order valence-electron chi connectivity index (χ4n) is 1.84. The molecule has 16 heavy (non-hydrogen) atoms. The van der Waals surface area contributed by atoms with Crippen molar-refractivity contribution in [2.75, 3.05) is 18.5 Å². The molecular formula is C12H27Cl2GeP. The molecule has 0 saturated heterocycles. The zero-order chi connectivity index (χ0) is 11.8. The maximum absolute atomic E-state index is 6.83. The molecule has 0 nitrogen and oxygen atoms in total. The Morgan fingerprint density at radius 1 is 0.688 bits per heavy atom. The van der Waals surface area contributed by atoms with Crippen molar-refractivity contribution in [2.45, 2.75) is 59.3 Å². The predicted octanol–water partition coefficient (Wildman–Crippen LogP) is 5.87. The van der Waals surface area contributed by atoms with Gasteiger partial charge in [0.1, 0.15) is 0 Å². The van der Waals surface area contributed by atoms with Crippen molar-refractivity contribution < 1.29 is 0 Å². The second-order valence-electron chi connectivity index (χ2n) is 4.68. The molecule has 0 aromatic heterocycles. The first-order valence-corrected chi connectivity index (χ1v) is 11.0. The molecule has 0 spiro atoms. The van der Waals surface area contributed by atoms with Crippen molar-refractivity contribution in [3.63, 3.8) is 0 Å². The van der Waals surface area contributed by atoms with Gasteiger partial charge < -0.3 is 0 Å². The average Bonchev–Trinajstić information content (AvgIpc) is 2.22. The van der Waals surface area contributed by atoms with Crippen molar-refractivity contribution in [3.05, 3.63) is 0 Å². The van der Waals surface area contributed by atoms with Gasteiger partial charge in [-0.3, -0.25) is 0 Å². The normalized spacial score (nSPS) is 13.9. The summed E-state index contributed by atoms with van der Waals surface area (Å²) in [5.74, 6) is 0. The van der Waals surface area contributed by atoms with Gasteiger partial charge in [-0.1, -0.05) is 0 Å². The molecule has 0 rings (SSSR count). The predicted molar refractivity (Wildman–Crippen MR) is 83.7 cm³/mol. The van der Waals surface area contributed by atoms with E-state index in [0.717, 1.165) is 18.5 Å². The molecule has 0 fully saturated rings. The molecular weight excluding hydrogens is 319 g/mol. The molecule has 0 saturated carbocycles. The molecule has 0 atom stereocenters. The molecule has 0 aliphatic heterocycles. The Bertz CT molecular complexity index is 146. The van der Waals surface area contributed by atoms with Crippen molar-refractivity contribution in [2.24, 2.45) is 0 Å².